The van der Waals surface area contributed by atoms with Crippen LogP contribution in [0.15, 0.2) is 18.2 Å². The number of hydrogen-bond acceptors (Lipinski definition) is 3. The Labute approximate surface area is 115 Å². The van der Waals surface area contributed by atoms with E-state index < -0.39 is 0 Å². The van der Waals surface area contributed by atoms with Crippen molar-refractivity contribution in [2.45, 2.75) is 44.8 Å². The molecular formula is C16H23NO2. The van der Waals surface area contributed by atoms with E-state index in [2.05, 4.69) is 17.9 Å². The summed E-state index contributed by atoms with van der Waals surface area (Å²) in [7, 11) is 0. The van der Waals surface area contributed by atoms with Crippen LogP contribution < -0.4 is 0 Å². The van der Waals surface area contributed by atoms with E-state index in [1.54, 1.807) is 6.07 Å². The van der Waals surface area contributed by atoms with Gasteiger partial charge in [-0.15, -0.1) is 0 Å². The van der Waals surface area contributed by atoms with Crippen LogP contribution in [0.1, 0.15) is 43.4 Å². The Morgan fingerprint density at radius 2 is 2.26 bits per heavy atom. The molecule has 0 radical (unpaired) electrons. The van der Waals surface area contributed by atoms with Gasteiger partial charge in [0.25, 0.3) is 0 Å². The Morgan fingerprint density at radius 3 is 3.00 bits per heavy atom. The lowest BCUT2D eigenvalue weighted by atomic mass is 10.1. The van der Waals surface area contributed by atoms with Crippen LogP contribution in [0.4, 0.5) is 0 Å². The van der Waals surface area contributed by atoms with E-state index in [9.17, 15) is 5.11 Å². The second-order valence-corrected chi connectivity index (χ2v) is 5.62. The van der Waals surface area contributed by atoms with Gasteiger partial charge in [0.2, 0.25) is 0 Å². The number of fused-ring (bicyclic) bond motifs is 1. The molecule has 3 rings (SSSR count). The molecule has 104 valence electrons. The standard InChI is InChI=1S/C16H23NO2/c1-2-17(11-12-5-4-10-19-12)15-9-8-14-13(15)6-3-7-16(14)18/h3,6-7,12,15,18H,2,4-5,8-11H2,1H3. The first kappa shape index (κ1) is 12.9. The van der Waals surface area contributed by atoms with Crippen molar-refractivity contribution in [1.82, 2.24) is 4.90 Å². The lowest BCUT2D eigenvalue weighted by molar-refractivity contribution is 0.0590. The summed E-state index contributed by atoms with van der Waals surface area (Å²) in [4.78, 5) is 2.52. The largest absolute Gasteiger partial charge is 0.508 e. The van der Waals surface area contributed by atoms with Gasteiger partial charge < -0.3 is 9.84 Å². The van der Waals surface area contributed by atoms with Crippen molar-refractivity contribution in [2.75, 3.05) is 19.7 Å². The highest BCUT2D eigenvalue weighted by atomic mass is 16.5. The number of phenols is 1. The minimum Gasteiger partial charge on any atom is -0.508 e. The highest BCUT2D eigenvalue weighted by Gasteiger charge is 2.30. The van der Waals surface area contributed by atoms with Gasteiger partial charge in [0, 0.05) is 19.2 Å². The Hall–Kier alpha value is -1.06. The number of likely N-dealkylation sites (N-methyl/N-ethyl adjacent to an activating group) is 1. The fourth-order valence-corrected chi connectivity index (χ4v) is 3.52. The molecular weight excluding hydrogens is 238 g/mol. The Bertz CT molecular complexity index is 440. The summed E-state index contributed by atoms with van der Waals surface area (Å²) in [6.07, 6.45) is 4.91. The molecule has 0 amide bonds. The van der Waals surface area contributed by atoms with E-state index in [4.69, 9.17) is 4.74 Å². The van der Waals surface area contributed by atoms with E-state index in [0.717, 1.165) is 38.1 Å². The van der Waals surface area contributed by atoms with E-state index in [1.807, 2.05) is 6.07 Å². The predicted octanol–water partition coefficient (Wildman–Crippen LogP) is 2.88. The van der Waals surface area contributed by atoms with Crippen molar-refractivity contribution in [3.05, 3.63) is 29.3 Å². The molecule has 1 heterocycles. The van der Waals surface area contributed by atoms with Gasteiger partial charge in [-0.3, -0.25) is 4.90 Å². The van der Waals surface area contributed by atoms with Crippen LogP contribution in [0.3, 0.4) is 0 Å². The number of hydrogen-bond donors (Lipinski definition) is 1. The molecule has 2 unspecified atom stereocenters. The second-order valence-electron chi connectivity index (χ2n) is 5.62. The monoisotopic (exact) mass is 261 g/mol. The summed E-state index contributed by atoms with van der Waals surface area (Å²) in [6, 6.07) is 6.39. The molecule has 1 aliphatic heterocycles. The van der Waals surface area contributed by atoms with Crippen molar-refractivity contribution < 1.29 is 9.84 Å². The highest BCUT2D eigenvalue weighted by Crippen LogP contribution is 2.40. The van der Waals surface area contributed by atoms with Gasteiger partial charge in [0.1, 0.15) is 5.75 Å². The maximum absolute atomic E-state index is 9.94. The quantitative estimate of drug-likeness (QED) is 0.904. The van der Waals surface area contributed by atoms with Crippen LogP contribution in [-0.4, -0.2) is 35.8 Å². The Kier molecular flexibility index (Phi) is 3.76. The minimum absolute atomic E-state index is 0.404. The predicted molar refractivity (Wildman–Crippen MR) is 75.4 cm³/mol. The third-order valence-electron chi connectivity index (χ3n) is 4.52. The summed E-state index contributed by atoms with van der Waals surface area (Å²) in [5.74, 6) is 0.466. The van der Waals surface area contributed by atoms with Gasteiger partial charge in [-0.1, -0.05) is 19.1 Å². The molecule has 2 atom stereocenters. The van der Waals surface area contributed by atoms with E-state index in [-0.39, 0.29) is 0 Å². The number of nitrogens with zero attached hydrogens (tertiary/aromatic N) is 1. The molecule has 0 saturated carbocycles. The Balaban J connectivity index is 1.76. The van der Waals surface area contributed by atoms with Gasteiger partial charge in [-0.05, 0) is 49.4 Å². The smallest absolute Gasteiger partial charge is 0.119 e. The molecule has 0 aromatic heterocycles. The first-order valence-electron chi connectivity index (χ1n) is 7.46. The van der Waals surface area contributed by atoms with Crippen molar-refractivity contribution >= 4 is 0 Å². The van der Waals surface area contributed by atoms with Crippen LogP contribution >= 0.6 is 0 Å². The topological polar surface area (TPSA) is 32.7 Å². The zero-order valence-corrected chi connectivity index (χ0v) is 11.6. The molecule has 2 aliphatic rings. The van der Waals surface area contributed by atoms with E-state index in [0.29, 0.717) is 17.9 Å². The van der Waals surface area contributed by atoms with Crippen LogP contribution in [0.2, 0.25) is 0 Å². The third kappa shape index (κ3) is 2.49. The van der Waals surface area contributed by atoms with Crippen molar-refractivity contribution in [1.29, 1.82) is 0 Å². The van der Waals surface area contributed by atoms with Gasteiger partial charge in [-0.25, -0.2) is 0 Å². The number of ether oxygens (including phenoxy) is 1. The second kappa shape index (κ2) is 5.51. The first-order chi connectivity index (χ1) is 9.29. The number of phenolic OH excluding ortho intramolecular Hbond substituents is 1. The molecule has 19 heavy (non-hydrogen) atoms. The van der Waals surface area contributed by atoms with Gasteiger partial charge in [0.05, 0.1) is 6.10 Å². The number of benzene rings is 1. The average Bonchev–Trinajstić information content (AvgIpc) is 3.05. The van der Waals surface area contributed by atoms with Crippen molar-refractivity contribution in [3.8, 4) is 5.75 Å². The van der Waals surface area contributed by atoms with Gasteiger partial charge in [0.15, 0.2) is 0 Å². The molecule has 3 nitrogen and oxygen atoms in total. The summed E-state index contributed by atoms with van der Waals surface area (Å²) >= 11 is 0. The zero-order valence-electron chi connectivity index (χ0n) is 11.6. The maximum Gasteiger partial charge on any atom is 0.119 e. The fraction of sp³-hybridized carbons (Fsp3) is 0.625. The summed E-state index contributed by atoms with van der Waals surface area (Å²) in [5, 5.41) is 9.94. The third-order valence-corrected chi connectivity index (χ3v) is 4.52. The number of rotatable bonds is 4. The van der Waals surface area contributed by atoms with Crippen LogP contribution in [0, 0.1) is 0 Å². The van der Waals surface area contributed by atoms with Crippen LogP contribution in [0.25, 0.3) is 0 Å². The molecule has 1 saturated heterocycles. The minimum atomic E-state index is 0.404. The fourth-order valence-electron chi connectivity index (χ4n) is 3.52. The van der Waals surface area contributed by atoms with Crippen LogP contribution in [-0.2, 0) is 11.2 Å². The highest BCUT2D eigenvalue weighted by molar-refractivity contribution is 5.44. The molecule has 3 heteroatoms. The average molecular weight is 261 g/mol. The lowest BCUT2D eigenvalue weighted by Gasteiger charge is -2.30. The van der Waals surface area contributed by atoms with E-state index in [1.165, 1.54) is 18.4 Å². The number of aromatic hydroxyl groups is 1. The molecule has 1 fully saturated rings. The van der Waals surface area contributed by atoms with Gasteiger partial charge >= 0.3 is 0 Å². The molecule has 1 aliphatic carbocycles. The summed E-state index contributed by atoms with van der Waals surface area (Å²) < 4.78 is 5.77. The van der Waals surface area contributed by atoms with Gasteiger partial charge in [-0.2, -0.15) is 0 Å². The normalized spacial score (nSPS) is 26.0. The SMILES string of the molecule is CCN(CC1CCCO1)C1CCc2c(O)cccc21. The molecule has 0 bridgehead atoms. The molecule has 0 spiro atoms. The Morgan fingerprint density at radius 1 is 1.37 bits per heavy atom. The van der Waals surface area contributed by atoms with Crippen molar-refractivity contribution in [2.24, 2.45) is 0 Å². The molecule has 1 aromatic rings. The van der Waals surface area contributed by atoms with E-state index >= 15 is 0 Å². The summed E-state index contributed by atoms with van der Waals surface area (Å²) in [6.45, 7) is 5.20. The lowest BCUT2D eigenvalue weighted by Crippen LogP contribution is -2.34. The van der Waals surface area contributed by atoms with Crippen molar-refractivity contribution in [3.63, 3.8) is 0 Å². The first-order valence-corrected chi connectivity index (χ1v) is 7.46. The van der Waals surface area contributed by atoms with Crippen LogP contribution in [0.5, 0.6) is 5.75 Å². The zero-order chi connectivity index (χ0) is 13.2. The summed E-state index contributed by atoms with van der Waals surface area (Å²) in [5.41, 5.74) is 2.47. The molecule has 1 aromatic carbocycles. The molecule has 1 N–H and O–H groups in total. The maximum atomic E-state index is 9.94.